The summed E-state index contributed by atoms with van der Waals surface area (Å²) in [7, 11) is 0. The van der Waals surface area contributed by atoms with Crippen molar-refractivity contribution in [2.75, 3.05) is 0 Å². The molecule has 0 radical (unpaired) electrons. The minimum Gasteiger partial charge on any atom is -0.489 e. The number of benzene rings is 1. The molecule has 1 aromatic rings. The van der Waals surface area contributed by atoms with Crippen LogP contribution in [0, 0.1) is 0 Å². The van der Waals surface area contributed by atoms with Crippen molar-refractivity contribution in [3.05, 3.63) is 34.9 Å². The Bertz CT molecular complexity index is 411. The van der Waals surface area contributed by atoms with Gasteiger partial charge < -0.3 is 4.74 Å². The van der Waals surface area contributed by atoms with E-state index in [9.17, 15) is 4.79 Å². The number of halogens is 2. The van der Waals surface area contributed by atoms with E-state index in [4.69, 9.17) is 27.9 Å². The maximum atomic E-state index is 10.6. The van der Waals surface area contributed by atoms with Gasteiger partial charge in [0.1, 0.15) is 5.75 Å². The SMILES string of the molecule is CC(C)Oc1cccc(C=CC(=O)Cl)c1Cl. The third kappa shape index (κ3) is 3.87. The third-order valence-electron chi connectivity index (χ3n) is 1.75. The molecule has 1 aromatic carbocycles. The van der Waals surface area contributed by atoms with Crippen molar-refractivity contribution in [1.29, 1.82) is 0 Å². The predicted molar refractivity (Wildman–Crippen MR) is 67.1 cm³/mol. The Labute approximate surface area is 105 Å². The molecule has 2 nitrogen and oxygen atoms in total. The van der Waals surface area contributed by atoms with Crippen molar-refractivity contribution in [2.45, 2.75) is 20.0 Å². The zero-order valence-corrected chi connectivity index (χ0v) is 10.5. The van der Waals surface area contributed by atoms with Crippen molar-refractivity contribution >= 4 is 34.5 Å². The van der Waals surface area contributed by atoms with E-state index >= 15 is 0 Å². The van der Waals surface area contributed by atoms with Gasteiger partial charge in [0, 0.05) is 0 Å². The van der Waals surface area contributed by atoms with Crippen LogP contribution in [0.2, 0.25) is 5.02 Å². The number of hydrogen-bond donors (Lipinski definition) is 0. The van der Waals surface area contributed by atoms with Crippen molar-refractivity contribution in [3.8, 4) is 5.75 Å². The van der Waals surface area contributed by atoms with Crippen molar-refractivity contribution in [2.24, 2.45) is 0 Å². The van der Waals surface area contributed by atoms with Gasteiger partial charge in [-0.1, -0.05) is 23.7 Å². The van der Waals surface area contributed by atoms with Gasteiger partial charge in [-0.25, -0.2) is 0 Å². The zero-order valence-electron chi connectivity index (χ0n) is 9.04. The van der Waals surface area contributed by atoms with Crippen LogP contribution in [0.3, 0.4) is 0 Å². The van der Waals surface area contributed by atoms with E-state index in [1.165, 1.54) is 6.08 Å². The molecule has 1 rings (SSSR count). The number of carbonyl (C=O) groups is 1. The summed E-state index contributed by atoms with van der Waals surface area (Å²) in [6.07, 6.45) is 2.86. The smallest absolute Gasteiger partial charge is 0.245 e. The van der Waals surface area contributed by atoms with Gasteiger partial charge >= 0.3 is 0 Å². The monoisotopic (exact) mass is 258 g/mol. The first-order valence-corrected chi connectivity index (χ1v) is 5.59. The first-order chi connectivity index (χ1) is 7.50. The standard InChI is InChI=1S/C12H12Cl2O2/c1-8(2)16-10-5-3-4-9(12(10)14)6-7-11(13)15/h3-8H,1-2H3. The second-order valence-electron chi connectivity index (χ2n) is 3.46. The summed E-state index contributed by atoms with van der Waals surface area (Å²) >= 11 is 11.3. The lowest BCUT2D eigenvalue weighted by Gasteiger charge is -2.12. The van der Waals surface area contributed by atoms with Gasteiger partial charge in [0.2, 0.25) is 5.24 Å². The first kappa shape index (κ1) is 13.1. The van der Waals surface area contributed by atoms with Crippen molar-refractivity contribution in [3.63, 3.8) is 0 Å². The number of allylic oxidation sites excluding steroid dienone is 1. The van der Waals surface area contributed by atoms with Crippen molar-refractivity contribution in [1.82, 2.24) is 0 Å². The molecule has 0 aliphatic rings. The number of carbonyl (C=O) groups excluding carboxylic acids is 1. The summed E-state index contributed by atoms with van der Waals surface area (Å²) in [5.74, 6) is 0.598. The highest BCUT2D eigenvalue weighted by Gasteiger charge is 2.06. The largest absolute Gasteiger partial charge is 0.489 e. The van der Waals surface area contributed by atoms with Crippen LogP contribution in [-0.4, -0.2) is 11.3 Å². The topological polar surface area (TPSA) is 26.3 Å². The summed E-state index contributed by atoms with van der Waals surface area (Å²) in [6.45, 7) is 3.84. The number of rotatable bonds is 4. The van der Waals surface area contributed by atoms with Crippen LogP contribution in [0.4, 0.5) is 0 Å². The fourth-order valence-corrected chi connectivity index (χ4v) is 1.45. The van der Waals surface area contributed by atoms with Gasteiger partial charge in [0.15, 0.2) is 0 Å². The molecule has 0 unspecified atom stereocenters. The summed E-state index contributed by atoms with van der Waals surface area (Å²) < 4.78 is 5.51. The molecule has 0 saturated carbocycles. The lowest BCUT2D eigenvalue weighted by Crippen LogP contribution is -2.06. The molecule has 86 valence electrons. The lowest BCUT2D eigenvalue weighted by molar-refractivity contribution is -0.107. The molecule has 16 heavy (non-hydrogen) atoms. The fourth-order valence-electron chi connectivity index (χ4n) is 1.16. The minimum atomic E-state index is -0.536. The Morgan fingerprint density at radius 1 is 1.44 bits per heavy atom. The van der Waals surface area contributed by atoms with E-state index in [2.05, 4.69) is 0 Å². The average molecular weight is 259 g/mol. The van der Waals surface area contributed by atoms with E-state index < -0.39 is 5.24 Å². The van der Waals surface area contributed by atoms with Crippen LogP contribution in [0.15, 0.2) is 24.3 Å². The maximum absolute atomic E-state index is 10.6. The molecule has 0 saturated heterocycles. The van der Waals surface area contributed by atoms with Crippen LogP contribution in [-0.2, 0) is 4.79 Å². The van der Waals surface area contributed by atoms with Gasteiger partial charge in [-0.2, -0.15) is 0 Å². The van der Waals surface area contributed by atoms with Crippen LogP contribution < -0.4 is 4.74 Å². The summed E-state index contributed by atoms with van der Waals surface area (Å²) in [6, 6.07) is 5.37. The average Bonchev–Trinajstić information content (AvgIpc) is 2.18. The molecule has 0 atom stereocenters. The molecule has 0 amide bonds. The highest BCUT2D eigenvalue weighted by Crippen LogP contribution is 2.29. The van der Waals surface area contributed by atoms with E-state index in [1.807, 2.05) is 19.9 Å². The molecule has 0 bridgehead atoms. The van der Waals surface area contributed by atoms with Crippen LogP contribution in [0.1, 0.15) is 19.4 Å². The molecule has 0 fully saturated rings. The first-order valence-electron chi connectivity index (χ1n) is 4.83. The molecular weight excluding hydrogens is 247 g/mol. The van der Waals surface area contributed by atoms with E-state index in [0.29, 0.717) is 16.3 Å². The van der Waals surface area contributed by atoms with Crippen LogP contribution in [0.25, 0.3) is 6.08 Å². The predicted octanol–water partition coefficient (Wildman–Crippen LogP) is 3.91. The quantitative estimate of drug-likeness (QED) is 0.605. The van der Waals surface area contributed by atoms with Gasteiger partial charge in [0.05, 0.1) is 11.1 Å². The molecule has 0 aliphatic carbocycles. The minimum absolute atomic E-state index is 0.0476. The zero-order chi connectivity index (χ0) is 12.1. The van der Waals surface area contributed by atoms with Crippen molar-refractivity contribution < 1.29 is 9.53 Å². The second-order valence-corrected chi connectivity index (χ2v) is 4.21. The molecule has 0 spiro atoms. The Morgan fingerprint density at radius 2 is 2.12 bits per heavy atom. The molecule has 4 heteroatoms. The second kappa shape index (κ2) is 5.92. The van der Waals surface area contributed by atoms with Crippen LogP contribution in [0.5, 0.6) is 5.75 Å². The van der Waals surface area contributed by atoms with Gasteiger partial charge in [-0.15, -0.1) is 0 Å². The Hall–Kier alpha value is -0.990. The Kier molecular flexibility index (Phi) is 4.84. The molecule has 0 heterocycles. The summed E-state index contributed by atoms with van der Waals surface area (Å²) in [5.41, 5.74) is 0.703. The lowest BCUT2D eigenvalue weighted by atomic mass is 10.2. The molecule has 0 N–H and O–H groups in total. The van der Waals surface area contributed by atoms with E-state index in [-0.39, 0.29) is 6.10 Å². The van der Waals surface area contributed by atoms with Gasteiger partial charge in [-0.05, 0) is 49.2 Å². The number of ether oxygens (including phenoxy) is 1. The summed E-state index contributed by atoms with van der Waals surface area (Å²) in [5, 5.41) is -0.0587. The Morgan fingerprint density at radius 3 is 2.69 bits per heavy atom. The fraction of sp³-hybridized carbons (Fsp3) is 0.250. The highest BCUT2D eigenvalue weighted by molar-refractivity contribution is 6.66. The van der Waals surface area contributed by atoms with E-state index in [0.717, 1.165) is 0 Å². The normalized spacial score (nSPS) is 11.1. The molecular formula is C12H12Cl2O2. The third-order valence-corrected chi connectivity index (χ3v) is 2.28. The van der Waals surface area contributed by atoms with E-state index in [1.54, 1.807) is 18.2 Å². The maximum Gasteiger partial charge on any atom is 0.245 e. The highest BCUT2D eigenvalue weighted by atomic mass is 35.5. The molecule has 0 aliphatic heterocycles. The Balaban J connectivity index is 2.99. The molecule has 0 aromatic heterocycles. The van der Waals surface area contributed by atoms with Gasteiger partial charge in [-0.3, -0.25) is 4.79 Å². The number of hydrogen-bond acceptors (Lipinski definition) is 2. The van der Waals surface area contributed by atoms with Gasteiger partial charge in [0.25, 0.3) is 0 Å². The summed E-state index contributed by atoms with van der Waals surface area (Å²) in [4.78, 5) is 10.6. The van der Waals surface area contributed by atoms with Crippen LogP contribution >= 0.6 is 23.2 Å².